The first kappa shape index (κ1) is 17.6. The van der Waals surface area contributed by atoms with E-state index in [9.17, 15) is 4.79 Å². The number of carbonyl (C=O) groups excluding carboxylic acids is 1. The van der Waals surface area contributed by atoms with Crippen molar-refractivity contribution in [1.82, 2.24) is 9.97 Å². The highest BCUT2D eigenvalue weighted by Crippen LogP contribution is 2.18. The number of aromatic nitrogens is 2. The van der Waals surface area contributed by atoms with E-state index in [-0.39, 0.29) is 5.91 Å². The topological polar surface area (TPSA) is 66.9 Å². The van der Waals surface area contributed by atoms with Crippen LogP contribution < -0.4 is 10.6 Å². The van der Waals surface area contributed by atoms with Crippen LogP contribution >= 0.6 is 0 Å². The lowest BCUT2D eigenvalue weighted by molar-refractivity contribution is 0.102. The largest absolute Gasteiger partial charge is 0.324 e. The predicted octanol–water partition coefficient (Wildman–Crippen LogP) is 4.71. The number of benzene rings is 2. The highest BCUT2D eigenvalue weighted by molar-refractivity contribution is 6.03. The third-order valence-electron chi connectivity index (χ3n) is 3.87. The fourth-order valence-corrected chi connectivity index (χ4v) is 2.75. The average Bonchev–Trinajstić information content (AvgIpc) is 2.55. The zero-order chi connectivity index (χ0) is 18.7. The zero-order valence-electron chi connectivity index (χ0n) is 15.4. The van der Waals surface area contributed by atoms with E-state index < -0.39 is 0 Å². The summed E-state index contributed by atoms with van der Waals surface area (Å²) in [6.07, 6.45) is 0. The van der Waals surface area contributed by atoms with Crippen LogP contribution in [0.1, 0.15) is 32.9 Å². The second-order valence-electron chi connectivity index (χ2n) is 6.54. The van der Waals surface area contributed by atoms with Crippen LogP contribution in [0.3, 0.4) is 0 Å². The smallest absolute Gasteiger partial charge is 0.274 e. The third-order valence-corrected chi connectivity index (χ3v) is 3.87. The maximum atomic E-state index is 12.5. The molecule has 0 unspecified atom stereocenters. The Bertz CT molecular complexity index is 928. The maximum absolute atomic E-state index is 12.5. The van der Waals surface area contributed by atoms with Crippen molar-refractivity contribution in [2.24, 2.45) is 0 Å². The van der Waals surface area contributed by atoms with Gasteiger partial charge in [0.1, 0.15) is 5.69 Å². The summed E-state index contributed by atoms with van der Waals surface area (Å²) in [6, 6.07) is 15.5. The minimum Gasteiger partial charge on any atom is -0.324 e. The first-order chi connectivity index (χ1) is 12.4. The van der Waals surface area contributed by atoms with Crippen molar-refractivity contribution < 1.29 is 4.79 Å². The number of carbonyl (C=O) groups is 1. The fraction of sp³-hybridized carbons (Fsp3) is 0.190. The second kappa shape index (κ2) is 7.35. The van der Waals surface area contributed by atoms with E-state index in [1.807, 2.05) is 64.1 Å². The van der Waals surface area contributed by atoms with E-state index >= 15 is 0 Å². The van der Waals surface area contributed by atoms with Crippen molar-refractivity contribution in [2.45, 2.75) is 27.7 Å². The van der Waals surface area contributed by atoms with Gasteiger partial charge in [-0.2, -0.15) is 0 Å². The molecule has 0 aliphatic rings. The summed E-state index contributed by atoms with van der Waals surface area (Å²) in [5, 5.41) is 6.06. The summed E-state index contributed by atoms with van der Waals surface area (Å²) in [5.41, 5.74) is 6.13. The standard InChI is InChI=1S/C21H22N4O/c1-13-5-7-17(8-6-13)23-20(26)19-12-16(4)22-21(25-19)24-18-10-14(2)9-15(3)11-18/h5-12H,1-4H3,(H,23,26)(H,22,24,25). The molecule has 2 aromatic carbocycles. The van der Waals surface area contributed by atoms with Gasteiger partial charge in [-0.3, -0.25) is 4.79 Å². The number of aryl methyl sites for hydroxylation is 4. The number of nitrogens with zero attached hydrogens (tertiary/aromatic N) is 2. The highest BCUT2D eigenvalue weighted by atomic mass is 16.1. The minimum atomic E-state index is -0.261. The Kier molecular flexibility index (Phi) is 4.98. The summed E-state index contributed by atoms with van der Waals surface area (Å²) in [4.78, 5) is 21.3. The molecular weight excluding hydrogens is 324 g/mol. The van der Waals surface area contributed by atoms with Crippen LogP contribution in [0.4, 0.5) is 17.3 Å². The van der Waals surface area contributed by atoms with Gasteiger partial charge in [0.25, 0.3) is 5.91 Å². The van der Waals surface area contributed by atoms with Gasteiger partial charge in [0.15, 0.2) is 0 Å². The lowest BCUT2D eigenvalue weighted by Crippen LogP contribution is -2.15. The number of amides is 1. The maximum Gasteiger partial charge on any atom is 0.274 e. The summed E-state index contributed by atoms with van der Waals surface area (Å²) in [6.45, 7) is 7.92. The number of hydrogen-bond donors (Lipinski definition) is 2. The Hall–Kier alpha value is -3.21. The van der Waals surface area contributed by atoms with Gasteiger partial charge in [-0.15, -0.1) is 0 Å². The SMILES string of the molecule is Cc1ccc(NC(=O)c2cc(C)nc(Nc3cc(C)cc(C)c3)n2)cc1. The molecule has 0 bridgehead atoms. The molecule has 3 aromatic rings. The van der Waals surface area contributed by atoms with E-state index in [1.165, 1.54) is 0 Å². The lowest BCUT2D eigenvalue weighted by Gasteiger charge is -2.10. The summed E-state index contributed by atoms with van der Waals surface area (Å²) >= 11 is 0. The Morgan fingerprint density at radius 3 is 2.08 bits per heavy atom. The quantitative estimate of drug-likeness (QED) is 0.718. The first-order valence-corrected chi connectivity index (χ1v) is 8.48. The molecule has 1 heterocycles. The van der Waals surface area contributed by atoms with Crippen molar-refractivity contribution in [3.8, 4) is 0 Å². The molecule has 0 atom stereocenters. The van der Waals surface area contributed by atoms with Crippen molar-refractivity contribution in [3.05, 3.63) is 76.6 Å². The molecule has 3 rings (SSSR count). The van der Waals surface area contributed by atoms with Crippen molar-refractivity contribution in [2.75, 3.05) is 10.6 Å². The molecule has 0 aliphatic heterocycles. The van der Waals surface area contributed by atoms with E-state index in [0.717, 1.165) is 33.8 Å². The lowest BCUT2D eigenvalue weighted by atomic mass is 10.1. The number of nitrogens with one attached hydrogen (secondary N) is 2. The molecule has 132 valence electrons. The highest BCUT2D eigenvalue weighted by Gasteiger charge is 2.11. The molecule has 1 amide bonds. The van der Waals surface area contributed by atoms with Gasteiger partial charge >= 0.3 is 0 Å². The number of anilines is 3. The summed E-state index contributed by atoms with van der Waals surface area (Å²) < 4.78 is 0. The molecule has 0 radical (unpaired) electrons. The average molecular weight is 346 g/mol. The molecule has 2 N–H and O–H groups in total. The summed E-state index contributed by atoms with van der Waals surface area (Å²) in [5.74, 6) is 0.145. The molecule has 0 fully saturated rings. The van der Waals surface area contributed by atoms with Crippen LogP contribution in [0.5, 0.6) is 0 Å². The van der Waals surface area contributed by atoms with E-state index in [2.05, 4.69) is 26.7 Å². The van der Waals surface area contributed by atoms with Crippen molar-refractivity contribution in [1.29, 1.82) is 0 Å². The number of hydrogen-bond acceptors (Lipinski definition) is 4. The zero-order valence-corrected chi connectivity index (χ0v) is 15.4. The normalized spacial score (nSPS) is 10.5. The minimum absolute atomic E-state index is 0.261. The van der Waals surface area contributed by atoms with Crippen molar-refractivity contribution in [3.63, 3.8) is 0 Å². The van der Waals surface area contributed by atoms with Gasteiger partial charge in [0.05, 0.1) is 0 Å². The van der Waals surface area contributed by atoms with Gasteiger partial charge in [0, 0.05) is 17.1 Å². The Balaban J connectivity index is 1.82. The first-order valence-electron chi connectivity index (χ1n) is 8.48. The van der Waals surface area contributed by atoms with Gasteiger partial charge < -0.3 is 10.6 Å². The Labute approximate surface area is 153 Å². The van der Waals surface area contributed by atoms with Gasteiger partial charge in [-0.05, 0) is 69.2 Å². The van der Waals surface area contributed by atoms with Crippen molar-refractivity contribution >= 4 is 23.2 Å². The summed E-state index contributed by atoms with van der Waals surface area (Å²) in [7, 11) is 0. The molecule has 1 aromatic heterocycles. The van der Waals surface area contributed by atoms with Crippen LogP contribution in [0.25, 0.3) is 0 Å². The molecule has 0 spiro atoms. The Morgan fingerprint density at radius 1 is 0.769 bits per heavy atom. The molecule has 5 nitrogen and oxygen atoms in total. The predicted molar refractivity (Wildman–Crippen MR) is 105 cm³/mol. The van der Waals surface area contributed by atoms with Crippen LogP contribution in [-0.4, -0.2) is 15.9 Å². The molecule has 0 saturated carbocycles. The van der Waals surface area contributed by atoms with Crippen LogP contribution in [0.15, 0.2) is 48.5 Å². The van der Waals surface area contributed by atoms with E-state index in [4.69, 9.17) is 0 Å². The van der Waals surface area contributed by atoms with Gasteiger partial charge in [-0.25, -0.2) is 9.97 Å². The van der Waals surface area contributed by atoms with Gasteiger partial charge in [-0.1, -0.05) is 23.8 Å². The van der Waals surface area contributed by atoms with Crippen LogP contribution in [0, 0.1) is 27.7 Å². The Morgan fingerprint density at radius 2 is 1.42 bits per heavy atom. The molecule has 5 heteroatoms. The molecule has 0 saturated heterocycles. The van der Waals surface area contributed by atoms with Crippen LogP contribution in [-0.2, 0) is 0 Å². The van der Waals surface area contributed by atoms with Crippen LogP contribution in [0.2, 0.25) is 0 Å². The van der Waals surface area contributed by atoms with E-state index in [0.29, 0.717) is 11.6 Å². The third kappa shape index (κ3) is 4.45. The number of rotatable bonds is 4. The molecule has 0 aliphatic carbocycles. The van der Waals surface area contributed by atoms with Gasteiger partial charge in [0.2, 0.25) is 5.95 Å². The second-order valence-corrected chi connectivity index (χ2v) is 6.54. The monoisotopic (exact) mass is 346 g/mol. The fourth-order valence-electron chi connectivity index (χ4n) is 2.75. The molecule has 26 heavy (non-hydrogen) atoms. The van der Waals surface area contributed by atoms with E-state index in [1.54, 1.807) is 6.07 Å². The molecular formula is C21H22N4O.